The molecule has 1 rings (SSSR count). The van der Waals surface area contributed by atoms with Crippen molar-refractivity contribution in [1.29, 1.82) is 0 Å². The third-order valence-electron chi connectivity index (χ3n) is 6.12. The summed E-state index contributed by atoms with van der Waals surface area (Å²) < 4.78 is 12.3. The lowest BCUT2D eigenvalue weighted by Gasteiger charge is -2.46. The van der Waals surface area contributed by atoms with Crippen LogP contribution in [0.3, 0.4) is 0 Å². The molecule has 2 amide bonds. The second-order valence-corrected chi connectivity index (χ2v) is 15.4. The number of hydroxylamine groups is 2. The second-order valence-electron chi connectivity index (χ2n) is 10.6. The molecule has 0 bridgehead atoms. The van der Waals surface area contributed by atoms with E-state index >= 15 is 0 Å². The lowest BCUT2D eigenvalue weighted by molar-refractivity contribution is -0.176. The van der Waals surface area contributed by atoms with E-state index in [2.05, 4.69) is 33.9 Å². The van der Waals surface area contributed by atoms with E-state index in [1.165, 1.54) is 12.2 Å². The smallest absolute Gasteiger partial charge is 0.410 e. The van der Waals surface area contributed by atoms with E-state index in [9.17, 15) is 9.59 Å². The Bertz CT molecular complexity index is 583. The average Bonchev–Trinajstić information content (AvgIpc) is 2.56. The number of nitrogens with zero attached hydrogens (tertiary/aromatic N) is 2. The van der Waals surface area contributed by atoms with Gasteiger partial charge in [0.05, 0.1) is 19.3 Å². The van der Waals surface area contributed by atoms with Crippen molar-refractivity contribution in [2.45, 2.75) is 96.7 Å². The monoisotopic (exact) mass is 430 g/mol. The van der Waals surface area contributed by atoms with E-state index in [1.807, 2.05) is 20.8 Å². The second kappa shape index (κ2) is 9.35. The molecule has 1 fully saturated rings. The third-order valence-corrected chi connectivity index (χ3v) is 10.6. The molecule has 0 spiro atoms. The molecule has 0 heterocycles. The van der Waals surface area contributed by atoms with Gasteiger partial charge < -0.3 is 14.1 Å². The van der Waals surface area contributed by atoms with E-state index in [4.69, 9.17) is 14.0 Å². The molecule has 1 aliphatic rings. The molecule has 0 aromatic heterocycles. The van der Waals surface area contributed by atoms with Crippen LogP contribution in [0.2, 0.25) is 18.1 Å². The molecule has 3 atom stereocenters. The molecule has 0 saturated heterocycles. The number of hydrogen-bond donors (Lipinski definition) is 0. The highest BCUT2D eigenvalue weighted by Crippen LogP contribution is 2.41. The first kappa shape index (κ1) is 25.9. The molecule has 0 unspecified atom stereocenters. The topological polar surface area (TPSA) is 68.3 Å². The number of likely N-dealkylation sites (N-methyl/N-ethyl adjacent to an activating group) is 1. The van der Waals surface area contributed by atoms with Crippen LogP contribution in [0.15, 0.2) is 0 Å². The van der Waals surface area contributed by atoms with Crippen molar-refractivity contribution in [3.05, 3.63) is 0 Å². The summed E-state index contributed by atoms with van der Waals surface area (Å²) in [5.41, 5.74) is -0.560. The summed E-state index contributed by atoms with van der Waals surface area (Å²) in [7, 11) is 2.79. The molecular weight excluding hydrogens is 388 g/mol. The lowest BCUT2D eigenvalue weighted by atomic mass is 9.83. The Morgan fingerprint density at radius 3 is 2.00 bits per heavy atom. The zero-order valence-electron chi connectivity index (χ0n) is 20.3. The SMILES string of the molecule is CON(C)C(=O)[C@H]1CC[C@@H](N(C)C(=O)OC(C)(C)C)[C@H](O[Si](C)(C)C(C)(C)C)C1. The first-order valence-electron chi connectivity index (χ1n) is 10.5. The van der Waals surface area contributed by atoms with Gasteiger partial charge in [0.15, 0.2) is 8.32 Å². The van der Waals surface area contributed by atoms with Crippen LogP contribution in [0.1, 0.15) is 60.8 Å². The van der Waals surface area contributed by atoms with Crippen LogP contribution in [0.4, 0.5) is 4.79 Å². The van der Waals surface area contributed by atoms with Crippen LogP contribution in [-0.4, -0.2) is 69.2 Å². The Balaban J connectivity index is 3.10. The molecule has 8 heteroatoms. The average molecular weight is 431 g/mol. The Hall–Kier alpha value is -1.12. The molecule has 0 aromatic rings. The minimum Gasteiger partial charge on any atom is -0.444 e. The summed E-state index contributed by atoms with van der Waals surface area (Å²) in [6, 6.07) is -0.129. The predicted molar refractivity (Wildman–Crippen MR) is 117 cm³/mol. The zero-order chi connectivity index (χ0) is 22.8. The van der Waals surface area contributed by atoms with E-state index in [-0.39, 0.29) is 35.1 Å². The van der Waals surface area contributed by atoms with Gasteiger partial charge in [0.25, 0.3) is 0 Å². The Morgan fingerprint density at radius 2 is 1.55 bits per heavy atom. The first-order chi connectivity index (χ1) is 13.0. The van der Waals surface area contributed by atoms with Gasteiger partial charge in [0.2, 0.25) is 5.91 Å². The molecule has 7 nitrogen and oxygen atoms in total. The molecule has 1 saturated carbocycles. The summed E-state index contributed by atoms with van der Waals surface area (Å²) in [6.07, 6.45) is 1.35. The number of carbonyl (C=O) groups excluding carboxylic acids is 2. The molecule has 0 radical (unpaired) electrons. The van der Waals surface area contributed by atoms with Crippen LogP contribution in [0.25, 0.3) is 0 Å². The van der Waals surface area contributed by atoms with Gasteiger partial charge in [0, 0.05) is 20.0 Å². The molecular formula is C21H42N2O5Si. The van der Waals surface area contributed by atoms with Crippen LogP contribution in [0, 0.1) is 5.92 Å². The Morgan fingerprint density at radius 1 is 1.00 bits per heavy atom. The van der Waals surface area contributed by atoms with E-state index in [0.717, 1.165) is 0 Å². The van der Waals surface area contributed by atoms with Gasteiger partial charge in [0.1, 0.15) is 5.60 Å². The highest BCUT2D eigenvalue weighted by molar-refractivity contribution is 6.74. The van der Waals surface area contributed by atoms with Crippen molar-refractivity contribution >= 4 is 20.3 Å². The maximum atomic E-state index is 12.7. The first-order valence-corrected chi connectivity index (χ1v) is 13.4. The van der Waals surface area contributed by atoms with Gasteiger partial charge in [-0.1, -0.05) is 20.8 Å². The fourth-order valence-corrected chi connectivity index (χ4v) is 4.64. The summed E-state index contributed by atoms with van der Waals surface area (Å²) >= 11 is 0. The molecule has 0 N–H and O–H groups in total. The van der Waals surface area contributed by atoms with E-state index < -0.39 is 13.9 Å². The summed E-state index contributed by atoms with van der Waals surface area (Å²) in [5, 5.41) is 1.31. The van der Waals surface area contributed by atoms with Gasteiger partial charge in [-0.3, -0.25) is 9.63 Å². The summed E-state index contributed by atoms with van der Waals surface area (Å²) in [4.78, 5) is 32.1. The van der Waals surface area contributed by atoms with Gasteiger partial charge in [-0.2, -0.15) is 0 Å². The molecule has 0 aliphatic heterocycles. The number of carbonyl (C=O) groups is 2. The van der Waals surface area contributed by atoms with Crippen molar-refractivity contribution in [2.24, 2.45) is 5.92 Å². The molecule has 29 heavy (non-hydrogen) atoms. The predicted octanol–water partition coefficient (Wildman–Crippen LogP) is 4.43. The van der Waals surface area contributed by atoms with Gasteiger partial charge in [-0.05, 0) is 58.2 Å². The third kappa shape index (κ3) is 6.96. The molecule has 0 aromatic carbocycles. The van der Waals surface area contributed by atoms with Crippen LogP contribution in [0.5, 0.6) is 0 Å². The van der Waals surface area contributed by atoms with Crippen molar-refractivity contribution in [2.75, 3.05) is 21.2 Å². The molecule has 1 aliphatic carbocycles. The summed E-state index contributed by atoms with van der Waals surface area (Å²) in [6.45, 7) is 16.5. The largest absolute Gasteiger partial charge is 0.444 e. The van der Waals surface area contributed by atoms with Crippen LogP contribution < -0.4 is 0 Å². The zero-order valence-corrected chi connectivity index (χ0v) is 21.3. The normalized spacial score (nSPS) is 23.5. The van der Waals surface area contributed by atoms with E-state index in [0.29, 0.717) is 19.3 Å². The standard InChI is InChI=1S/C21H42N2O5Si/c1-20(2,3)27-19(25)22(7)16-13-12-15(18(24)23(8)26-9)14-17(16)28-29(10,11)21(4,5)6/h15-17H,12-14H2,1-11H3/t15-,16+,17+/m0/s1. The van der Waals surface area contributed by atoms with Gasteiger partial charge in [-0.25, -0.2) is 9.86 Å². The van der Waals surface area contributed by atoms with Gasteiger partial charge in [-0.15, -0.1) is 0 Å². The number of rotatable bonds is 5. The Kier molecular flexibility index (Phi) is 8.35. The Labute approximate surface area is 178 Å². The number of amides is 2. The highest BCUT2D eigenvalue weighted by atomic mass is 28.4. The minimum atomic E-state index is -2.10. The summed E-state index contributed by atoms with van der Waals surface area (Å²) in [5.74, 6) is -0.229. The highest BCUT2D eigenvalue weighted by Gasteiger charge is 2.45. The fourth-order valence-electron chi connectivity index (χ4n) is 3.28. The lowest BCUT2D eigenvalue weighted by Crippen LogP contribution is -2.56. The van der Waals surface area contributed by atoms with Crippen LogP contribution >= 0.6 is 0 Å². The minimum absolute atomic E-state index is 0.0301. The number of hydrogen-bond acceptors (Lipinski definition) is 5. The fraction of sp³-hybridized carbons (Fsp3) is 0.905. The van der Waals surface area contributed by atoms with Crippen molar-refractivity contribution in [3.63, 3.8) is 0 Å². The van der Waals surface area contributed by atoms with Crippen LogP contribution in [-0.2, 0) is 18.8 Å². The van der Waals surface area contributed by atoms with Crippen molar-refractivity contribution < 1.29 is 23.6 Å². The number of ether oxygens (including phenoxy) is 1. The van der Waals surface area contributed by atoms with Gasteiger partial charge >= 0.3 is 6.09 Å². The van der Waals surface area contributed by atoms with Crippen molar-refractivity contribution in [1.82, 2.24) is 9.96 Å². The maximum Gasteiger partial charge on any atom is 0.410 e. The quantitative estimate of drug-likeness (QED) is 0.477. The molecule has 170 valence electrons. The van der Waals surface area contributed by atoms with Crippen molar-refractivity contribution in [3.8, 4) is 0 Å². The van der Waals surface area contributed by atoms with E-state index in [1.54, 1.807) is 19.0 Å². The maximum absolute atomic E-state index is 12.7.